The van der Waals surface area contributed by atoms with E-state index >= 15 is 0 Å². The van der Waals surface area contributed by atoms with Crippen LogP contribution in [0.4, 0.5) is 5.95 Å². The normalized spacial score (nSPS) is 16.6. The molecule has 1 aliphatic rings. The Labute approximate surface area is 119 Å². The van der Waals surface area contributed by atoms with Gasteiger partial charge in [-0.15, -0.1) is 5.10 Å². The zero-order chi connectivity index (χ0) is 14.1. The highest BCUT2D eigenvalue weighted by molar-refractivity contribution is 5.62. The number of H-pyrrole nitrogens is 1. The highest BCUT2D eigenvalue weighted by Crippen LogP contribution is 2.24. The van der Waals surface area contributed by atoms with Crippen LogP contribution in [0.5, 0.6) is 0 Å². The van der Waals surface area contributed by atoms with Gasteiger partial charge in [-0.2, -0.15) is 4.98 Å². The summed E-state index contributed by atoms with van der Waals surface area (Å²) in [5.41, 5.74) is 9.57. The first kappa shape index (κ1) is 13.1. The van der Waals surface area contributed by atoms with Crippen molar-refractivity contribution < 1.29 is 0 Å². The number of nitrogens with two attached hydrogens (primary N) is 1. The molecule has 0 spiro atoms. The highest BCUT2D eigenvalue weighted by Gasteiger charge is 2.20. The number of aromatic nitrogens is 3. The third-order valence-corrected chi connectivity index (χ3v) is 4.16. The average Bonchev–Trinajstić information content (AvgIpc) is 2.92. The lowest BCUT2D eigenvalue weighted by Crippen LogP contribution is -2.40. The van der Waals surface area contributed by atoms with E-state index in [4.69, 9.17) is 5.73 Å². The number of benzene rings is 1. The van der Waals surface area contributed by atoms with Crippen molar-refractivity contribution in [2.75, 3.05) is 18.0 Å². The van der Waals surface area contributed by atoms with Gasteiger partial charge in [0.25, 0.3) is 0 Å². The second-order valence-corrected chi connectivity index (χ2v) is 5.56. The Morgan fingerprint density at radius 1 is 1.25 bits per heavy atom. The Balaban J connectivity index is 1.85. The molecule has 106 valence electrons. The van der Waals surface area contributed by atoms with Crippen LogP contribution in [-0.4, -0.2) is 34.3 Å². The molecule has 0 saturated carbocycles. The number of aromatic amines is 1. The smallest absolute Gasteiger partial charge is 0.245 e. The summed E-state index contributed by atoms with van der Waals surface area (Å²) < 4.78 is 0. The minimum atomic E-state index is 0.323. The summed E-state index contributed by atoms with van der Waals surface area (Å²) >= 11 is 0. The number of anilines is 1. The quantitative estimate of drug-likeness (QED) is 0.876. The topological polar surface area (TPSA) is 70.8 Å². The van der Waals surface area contributed by atoms with Gasteiger partial charge < -0.3 is 10.6 Å². The number of piperidine rings is 1. The lowest BCUT2D eigenvalue weighted by atomic mass is 10.0. The highest BCUT2D eigenvalue weighted by atomic mass is 15.4. The van der Waals surface area contributed by atoms with E-state index in [-0.39, 0.29) is 0 Å². The van der Waals surface area contributed by atoms with Crippen LogP contribution >= 0.6 is 0 Å². The number of nitrogens with one attached hydrogen (secondary N) is 1. The first-order chi connectivity index (χ1) is 9.65. The SMILES string of the molecule is Cc1cccc(-c2nc(N3CCC(N)CC3)n[nH]2)c1C. The van der Waals surface area contributed by atoms with Gasteiger partial charge in [0.1, 0.15) is 0 Å². The molecule has 0 bridgehead atoms. The van der Waals surface area contributed by atoms with E-state index < -0.39 is 0 Å². The van der Waals surface area contributed by atoms with Crippen molar-refractivity contribution in [3.05, 3.63) is 29.3 Å². The summed E-state index contributed by atoms with van der Waals surface area (Å²) in [6, 6.07) is 6.57. The van der Waals surface area contributed by atoms with Crippen molar-refractivity contribution in [1.29, 1.82) is 0 Å². The monoisotopic (exact) mass is 271 g/mol. The van der Waals surface area contributed by atoms with Gasteiger partial charge in [0.2, 0.25) is 5.95 Å². The van der Waals surface area contributed by atoms with Crippen molar-refractivity contribution in [3.63, 3.8) is 0 Å². The van der Waals surface area contributed by atoms with Crippen LogP contribution in [0.1, 0.15) is 24.0 Å². The number of nitrogens with zero attached hydrogens (tertiary/aromatic N) is 3. The molecule has 5 nitrogen and oxygen atoms in total. The summed E-state index contributed by atoms with van der Waals surface area (Å²) in [5, 5.41) is 7.43. The Kier molecular flexibility index (Phi) is 3.44. The van der Waals surface area contributed by atoms with Gasteiger partial charge in [0.15, 0.2) is 5.82 Å². The number of hydrogen-bond donors (Lipinski definition) is 2. The molecule has 20 heavy (non-hydrogen) atoms. The third kappa shape index (κ3) is 2.41. The van der Waals surface area contributed by atoms with Crippen LogP contribution in [0.2, 0.25) is 0 Å². The summed E-state index contributed by atoms with van der Waals surface area (Å²) in [7, 11) is 0. The molecule has 0 amide bonds. The number of aryl methyl sites for hydroxylation is 1. The predicted molar refractivity (Wildman–Crippen MR) is 80.7 cm³/mol. The van der Waals surface area contributed by atoms with Crippen LogP contribution in [-0.2, 0) is 0 Å². The van der Waals surface area contributed by atoms with Gasteiger partial charge in [0.05, 0.1) is 0 Å². The van der Waals surface area contributed by atoms with Gasteiger partial charge >= 0.3 is 0 Å². The minimum absolute atomic E-state index is 0.323. The van der Waals surface area contributed by atoms with E-state index in [1.165, 1.54) is 11.1 Å². The molecule has 0 unspecified atom stereocenters. The summed E-state index contributed by atoms with van der Waals surface area (Å²) in [6.45, 7) is 6.10. The standard InChI is InChI=1S/C15H21N5/c1-10-4-3-5-13(11(10)2)14-17-15(19-18-14)20-8-6-12(16)7-9-20/h3-5,12H,6-9,16H2,1-2H3,(H,17,18,19). The van der Waals surface area contributed by atoms with E-state index in [1.807, 2.05) is 0 Å². The van der Waals surface area contributed by atoms with E-state index in [0.717, 1.165) is 43.3 Å². The molecule has 1 fully saturated rings. The van der Waals surface area contributed by atoms with E-state index in [9.17, 15) is 0 Å². The Hall–Kier alpha value is -1.88. The molecule has 3 rings (SSSR count). The lowest BCUT2D eigenvalue weighted by Gasteiger charge is -2.28. The number of rotatable bonds is 2. The van der Waals surface area contributed by atoms with E-state index in [0.29, 0.717) is 6.04 Å². The third-order valence-electron chi connectivity index (χ3n) is 4.16. The largest absolute Gasteiger partial charge is 0.339 e. The van der Waals surface area contributed by atoms with Crippen molar-refractivity contribution in [3.8, 4) is 11.4 Å². The molecule has 1 aliphatic heterocycles. The average molecular weight is 271 g/mol. The molecular weight excluding hydrogens is 250 g/mol. The number of hydrogen-bond acceptors (Lipinski definition) is 4. The van der Waals surface area contributed by atoms with Crippen molar-refractivity contribution in [2.45, 2.75) is 32.7 Å². The summed E-state index contributed by atoms with van der Waals surface area (Å²) in [4.78, 5) is 6.85. The fourth-order valence-electron chi connectivity index (χ4n) is 2.62. The fourth-order valence-corrected chi connectivity index (χ4v) is 2.62. The van der Waals surface area contributed by atoms with E-state index in [2.05, 4.69) is 52.1 Å². The van der Waals surface area contributed by atoms with Crippen LogP contribution in [0.3, 0.4) is 0 Å². The Morgan fingerprint density at radius 2 is 2.00 bits per heavy atom. The maximum Gasteiger partial charge on any atom is 0.245 e. The van der Waals surface area contributed by atoms with Gasteiger partial charge in [-0.25, -0.2) is 0 Å². The second kappa shape index (κ2) is 5.25. The molecule has 5 heteroatoms. The minimum Gasteiger partial charge on any atom is -0.339 e. The zero-order valence-corrected chi connectivity index (χ0v) is 12.1. The Bertz CT molecular complexity index is 596. The first-order valence-corrected chi connectivity index (χ1v) is 7.14. The molecular formula is C15H21N5. The van der Waals surface area contributed by atoms with Crippen LogP contribution in [0.25, 0.3) is 11.4 Å². The maximum absolute atomic E-state index is 5.93. The predicted octanol–water partition coefficient (Wildman–Crippen LogP) is 2.02. The molecule has 0 atom stereocenters. The van der Waals surface area contributed by atoms with E-state index in [1.54, 1.807) is 0 Å². The molecule has 2 heterocycles. The molecule has 0 aliphatic carbocycles. The van der Waals surface area contributed by atoms with Crippen LogP contribution < -0.4 is 10.6 Å². The van der Waals surface area contributed by atoms with Crippen LogP contribution in [0, 0.1) is 13.8 Å². The molecule has 0 radical (unpaired) electrons. The van der Waals surface area contributed by atoms with Crippen LogP contribution in [0.15, 0.2) is 18.2 Å². The van der Waals surface area contributed by atoms with Gasteiger partial charge in [-0.1, -0.05) is 18.2 Å². The van der Waals surface area contributed by atoms with Gasteiger partial charge in [-0.05, 0) is 37.8 Å². The Morgan fingerprint density at radius 3 is 2.75 bits per heavy atom. The zero-order valence-electron chi connectivity index (χ0n) is 12.1. The van der Waals surface area contributed by atoms with Crippen molar-refractivity contribution in [2.24, 2.45) is 5.73 Å². The molecule has 1 saturated heterocycles. The van der Waals surface area contributed by atoms with Gasteiger partial charge in [-0.3, -0.25) is 5.10 Å². The summed E-state index contributed by atoms with van der Waals surface area (Å²) in [6.07, 6.45) is 2.01. The first-order valence-electron chi connectivity index (χ1n) is 7.14. The van der Waals surface area contributed by atoms with Gasteiger partial charge in [0, 0.05) is 24.7 Å². The second-order valence-electron chi connectivity index (χ2n) is 5.56. The molecule has 1 aromatic carbocycles. The molecule has 1 aromatic heterocycles. The lowest BCUT2D eigenvalue weighted by molar-refractivity contribution is 0.496. The molecule has 2 aromatic rings. The van der Waals surface area contributed by atoms with Crippen molar-refractivity contribution in [1.82, 2.24) is 15.2 Å². The summed E-state index contributed by atoms with van der Waals surface area (Å²) in [5.74, 6) is 1.63. The fraction of sp³-hybridized carbons (Fsp3) is 0.467. The molecule has 3 N–H and O–H groups in total. The maximum atomic E-state index is 5.93. The van der Waals surface area contributed by atoms with Crippen molar-refractivity contribution >= 4 is 5.95 Å².